The lowest BCUT2D eigenvalue weighted by Crippen LogP contribution is -2.39. The average molecular weight is 176 g/mol. The topological polar surface area (TPSA) is 52.6 Å². The highest BCUT2D eigenvalue weighted by Gasteiger charge is 2.53. The third-order valence-corrected chi connectivity index (χ3v) is 1.60. The van der Waals surface area contributed by atoms with Crippen molar-refractivity contribution >= 4 is 11.9 Å². The largest absolute Gasteiger partial charge is 0.463 e. The van der Waals surface area contributed by atoms with Gasteiger partial charge in [-0.2, -0.15) is 0 Å². The number of hydrogen-bond donors (Lipinski definition) is 0. The molecular weight excluding hydrogens is 167 g/mol. The Bertz CT molecular complexity index is 215. The van der Waals surface area contributed by atoms with E-state index in [0.29, 0.717) is 0 Å². The summed E-state index contributed by atoms with van der Waals surface area (Å²) in [6, 6.07) is 0. The molecular formula is C7H9FO4. The van der Waals surface area contributed by atoms with E-state index in [9.17, 15) is 14.0 Å². The first-order valence-corrected chi connectivity index (χ1v) is 3.64. The van der Waals surface area contributed by atoms with Gasteiger partial charge in [0.2, 0.25) is 0 Å². The Hall–Kier alpha value is -1.13. The van der Waals surface area contributed by atoms with Crippen LogP contribution in [0.25, 0.3) is 0 Å². The number of rotatable bonds is 2. The molecule has 4 nitrogen and oxygen atoms in total. The first-order valence-electron chi connectivity index (χ1n) is 3.64. The lowest BCUT2D eigenvalue weighted by atomic mass is 10.1. The number of alkyl halides is 1. The van der Waals surface area contributed by atoms with Gasteiger partial charge in [-0.3, -0.25) is 0 Å². The molecule has 1 saturated heterocycles. The minimum atomic E-state index is -2.56. The van der Waals surface area contributed by atoms with Gasteiger partial charge in [0.05, 0.1) is 13.2 Å². The molecule has 1 aliphatic heterocycles. The summed E-state index contributed by atoms with van der Waals surface area (Å²) in [4.78, 5) is 21.6. The molecule has 12 heavy (non-hydrogen) atoms. The molecule has 0 aromatic rings. The lowest BCUT2D eigenvalue weighted by molar-refractivity contribution is -0.166. The van der Waals surface area contributed by atoms with E-state index in [-0.39, 0.29) is 19.6 Å². The fraction of sp³-hybridized carbons (Fsp3) is 0.714. The van der Waals surface area contributed by atoms with Crippen LogP contribution in [0, 0.1) is 0 Å². The first kappa shape index (κ1) is 8.96. The van der Waals surface area contributed by atoms with Crippen LogP contribution in [0.5, 0.6) is 0 Å². The Labute approximate surface area is 68.6 Å². The molecule has 0 amide bonds. The SMILES string of the molecule is CCOC(=O)C1(F)CCOC1=O. The average Bonchev–Trinajstić information content (AvgIpc) is 2.34. The van der Waals surface area contributed by atoms with Crippen molar-refractivity contribution in [3.05, 3.63) is 0 Å². The van der Waals surface area contributed by atoms with Gasteiger partial charge in [0.1, 0.15) is 0 Å². The Kier molecular flexibility index (Phi) is 2.30. The van der Waals surface area contributed by atoms with Crippen molar-refractivity contribution in [2.75, 3.05) is 13.2 Å². The summed E-state index contributed by atoms with van der Waals surface area (Å²) in [7, 11) is 0. The monoisotopic (exact) mass is 176 g/mol. The summed E-state index contributed by atoms with van der Waals surface area (Å²) < 4.78 is 22.0. The van der Waals surface area contributed by atoms with Crippen molar-refractivity contribution in [2.24, 2.45) is 0 Å². The molecule has 0 spiro atoms. The van der Waals surface area contributed by atoms with Gasteiger partial charge in [0.25, 0.3) is 0 Å². The zero-order chi connectivity index (χ0) is 9.19. The highest BCUT2D eigenvalue weighted by Crippen LogP contribution is 2.26. The Balaban J connectivity index is 2.70. The Morgan fingerprint density at radius 3 is 2.92 bits per heavy atom. The van der Waals surface area contributed by atoms with E-state index in [2.05, 4.69) is 9.47 Å². The van der Waals surface area contributed by atoms with E-state index < -0.39 is 17.6 Å². The molecule has 1 fully saturated rings. The molecule has 1 atom stereocenters. The van der Waals surface area contributed by atoms with Gasteiger partial charge in [0, 0.05) is 6.42 Å². The van der Waals surface area contributed by atoms with Gasteiger partial charge < -0.3 is 9.47 Å². The summed E-state index contributed by atoms with van der Waals surface area (Å²) in [5.41, 5.74) is -2.56. The van der Waals surface area contributed by atoms with Crippen LogP contribution in [0.3, 0.4) is 0 Å². The van der Waals surface area contributed by atoms with Crippen LogP contribution < -0.4 is 0 Å². The minimum absolute atomic E-state index is 0.0534. The number of esters is 2. The van der Waals surface area contributed by atoms with E-state index in [1.165, 1.54) is 0 Å². The van der Waals surface area contributed by atoms with Crippen molar-refractivity contribution in [1.29, 1.82) is 0 Å². The molecule has 0 N–H and O–H groups in total. The second-order valence-corrected chi connectivity index (χ2v) is 2.41. The number of carbonyl (C=O) groups is 2. The number of carbonyl (C=O) groups excluding carboxylic acids is 2. The maximum Gasteiger partial charge on any atom is 0.355 e. The molecule has 0 radical (unpaired) electrons. The Morgan fingerprint density at radius 2 is 2.50 bits per heavy atom. The minimum Gasteiger partial charge on any atom is -0.463 e. The predicted molar refractivity (Wildman–Crippen MR) is 36.0 cm³/mol. The third-order valence-electron chi connectivity index (χ3n) is 1.60. The zero-order valence-corrected chi connectivity index (χ0v) is 6.63. The number of halogens is 1. The van der Waals surface area contributed by atoms with Crippen LogP contribution in [-0.2, 0) is 19.1 Å². The second kappa shape index (κ2) is 3.08. The molecule has 5 heteroatoms. The second-order valence-electron chi connectivity index (χ2n) is 2.41. The van der Waals surface area contributed by atoms with Gasteiger partial charge in [-0.15, -0.1) is 0 Å². The van der Waals surface area contributed by atoms with Gasteiger partial charge in [-0.1, -0.05) is 0 Å². The van der Waals surface area contributed by atoms with E-state index in [4.69, 9.17) is 0 Å². The molecule has 0 bridgehead atoms. The third kappa shape index (κ3) is 1.26. The van der Waals surface area contributed by atoms with Crippen LogP contribution >= 0.6 is 0 Å². The number of hydrogen-bond acceptors (Lipinski definition) is 4. The van der Waals surface area contributed by atoms with Crippen molar-refractivity contribution in [1.82, 2.24) is 0 Å². The summed E-state index contributed by atoms with van der Waals surface area (Å²) >= 11 is 0. The molecule has 0 aromatic carbocycles. The molecule has 0 aromatic heterocycles. The molecule has 68 valence electrons. The van der Waals surface area contributed by atoms with E-state index in [1.54, 1.807) is 6.92 Å². The van der Waals surface area contributed by atoms with Crippen LogP contribution in [0.2, 0.25) is 0 Å². The van der Waals surface area contributed by atoms with E-state index in [0.717, 1.165) is 0 Å². The Morgan fingerprint density at radius 1 is 1.83 bits per heavy atom. The summed E-state index contributed by atoms with van der Waals surface area (Å²) in [5.74, 6) is -2.28. The maximum absolute atomic E-state index is 13.3. The lowest BCUT2D eigenvalue weighted by Gasteiger charge is -2.11. The molecule has 0 aliphatic carbocycles. The van der Waals surface area contributed by atoms with Crippen LogP contribution in [-0.4, -0.2) is 30.8 Å². The van der Waals surface area contributed by atoms with E-state index in [1.807, 2.05) is 0 Å². The van der Waals surface area contributed by atoms with Crippen LogP contribution in [0.15, 0.2) is 0 Å². The summed E-state index contributed by atoms with van der Waals surface area (Å²) in [6.07, 6.45) is -0.245. The summed E-state index contributed by atoms with van der Waals surface area (Å²) in [6.45, 7) is 1.54. The van der Waals surface area contributed by atoms with Gasteiger partial charge in [-0.25, -0.2) is 14.0 Å². The van der Waals surface area contributed by atoms with Crippen molar-refractivity contribution < 1.29 is 23.5 Å². The standard InChI is InChI=1S/C7H9FO4/c1-2-11-5(9)7(8)3-4-12-6(7)10/h2-4H2,1H3. The smallest absolute Gasteiger partial charge is 0.355 e. The van der Waals surface area contributed by atoms with Crippen molar-refractivity contribution in [3.8, 4) is 0 Å². The molecule has 1 unspecified atom stereocenters. The fourth-order valence-corrected chi connectivity index (χ4v) is 0.932. The maximum atomic E-state index is 13.3. The normalized spacial score (nSPS) is 28.3. The van der Waals surface area contributed by atoms with E-state index >= 15 is 0 Å². The predicted octanol–water partition coefficient (Wildman–Crippen LogP) is 0.205. The first-order chi connectivity index (χ1) is 5.61. The molecule has 1 aliphatic rings. The summed E-state index contributed by atoms with van der Waals surface area (Å²) in [5, 5.41) is 0. The number of cyclic esters (lactones) is 1. The fourth-order valence-electron chi connectivity index (χ4n) is 0.932. The molecule has 1 heterocycles. The van der Waals surface area contributed by atoms with Gasteiger partial charge in [0.15, 0.2) is 0 Å². The van der Waals surface area contributed by atoms with Crippen LogP contribution in [0.4, 0.5) is 4.39 Å². The van der Waals surface area contributed by atoms with Gasteiger partial charge in [-0.05, 0) is 6.92 Å². The van der Waals surface area contributed by atoms with Crippen LogP contribution in [0.1, 0.15) is 13.3 Å². The number of ether oxygens (including phenoxy) is 2. The zero-order valence-electron chi connectivity index (χ0n) is 6.63. The highest BCUT2D eigenvalue weighted by atomic mass is 19.1. The quantitative estimate of drug-likeness (QED) is 0.445. The molecule has 1 rings (SSSR count). The van der Waals surface area contributed by atoms with Gasteiger partial charge >= 0.3 is 17.6 Å². The van der Waals surface area contributed by atoms with Crippen molar-refractivity contribution in [3.63, 3.8) is 0 Å². The highest BCUT2D eigenvalue weighted by molar-refractivity contribution is 6.04. The molecule has 0 saturated carbocycles. The van der Waals surface area contributed by atoms with Crippen molar-refractivity contribution in [2.45, 2.75) is 19.0 Å².